The Balaban J connectivity index is 2.61. The Morgan fingerprint density at radius 1 is 1.50 bits per heavy atom. The van der Waals surface area contributed by atoms with Crippen LogP contribution in [0.15, 0.2) is 12.1 Å². The lowest BCUT2D eigenvalue weighted by Crippen LogP contribution is -2.35. The largest absolute Gasteiger partial charge is 0.492 e. The second-order valence-electron chi connectivity index (χ2n) is 4.44. The Hall–Kier alpha value is -1.89. The van der Waals surface area contributed by atoms with Gasteiger partial charge in [-0.05, 0) is 19.9 Å². The van der Waals surface area contributed by atoms with Crippen molar-refractivity contribution in [2.75, 3.05) is 6.61 Å². The lowest BCUT2D eigenvalue weighted by atomic mass is 9.82. The van der Waals surface area contributed by atoms with Crippen molar-refractivity contribution in [1.82, 2.24) is 0 Å². The maximum absolute atomic E-state index is 13.3. The molecule has 0 fully saturated rings. The zero-order valence-electron chi connectivity index (χ0n) is 9.00. The van der Waals surface area contributed by atoms with Gasteiger partial charge in [0.2, 0.25) is 0 Å². The van der Waals surface area contributed by atoms with E-state index in [1.54, 1.807) is 19.9 Å². The number of rotatable bonds is 0. The van der Waals surface area contributed by atoms with Gasteiger partial charge in [0.25, 0.3) is 0 Å². The van der Waals surface area contributed by atoms with Gasteiger partial charge in [0, 0.05) is 6.07 Å². The fourth-order valence-corrected chi connectivity index (χ4v) is 1.63. The number of fused-ring (bicyclic) bond motifs is 1. The first-order chi connectivity index (χ1) is 7.45. The molecule has 1 heterocycles. The van der Waals surface area contributed by atoms with Crippen LogP contribution >= 0.6 is 0 Å². The molecule has 0 amide bonds. The Kier molecular flexibility index (Phi) is 2.20. The van der Waals surface area contributed by atoms with E-state index in [1.807, 2.05) is 0 Å². The number of ether oxygens (including phenoxy) is 1. The third-order valence-corrected chi connectivity index (χ3v) is 2.64. The molecule has 0 saturated carbocycles. The summed E-state index contributed by atoms with van der Waals surface area (Å²) in [5, 5.41) is 8.69. The van der Waals surface area contributed by atoms with Gasteiger partial charge < -0.3 is 4.74 Å². The van der Waals surface area contributed by atoms with Gasteiger partial charge >= 0.3 is 0 Å². The Labute approximate surface area is 92.4 Å². The lowest BCUT2D eigenvalue weighted by Gasteiger charge is -2.29. The third kappa shape index (κ3) is 1.45. The zero-order chi connectivity index (χ0) is 11.9. The van der Waals surface area contributed by atoms with Crippen LogP contribution in [-0.4, -0.2) is 12.4 Å². The van der Waals surface area contributed by atoms with Gasteiger partial charge in [-0.25, -0.2) is 4.39 Å². The summed E-state index contributed by atoms with van der Waals surface area (Å²) in [7, 11) is 0. The first-order valence-electron chi connectivity index (χ1n) is 4.87. The van der Waals surface area contributed by atoms with E-state index in [4.69, 9.17) is 10.00 Å². The number of nitriles is 1. The molecule has 0 aromatic heterocycles. The number of carbonyl (C=O) groups is 1. The molecule has 82 valence electrons. The predicted octanol–water partition coefficient (Wildman–Crippen LogP) is 2.30. The van der Waals surface area contributed by atoms with Crippen LogP contribution in [0, 0.1) is 22.6 Å². The number of hydrogen-bond acceptors (Lipinski definition) is 3. The van der Waals surface area contributed by atoms with Crippen LogP contribution in [0.25, 0.3) is 0 Å². The van der Waals surface area contributed by atoms with Crippen LogP contribution in [0.4, 0.5) is 4.39 Å². The van der Waals surface area contributed by atoms with Gasteiger partial charge in [-0.1, -0.05) is 0 Å². The summed E-state index contributed by atoms with van der Waals surface area (Å²) < 4.78 is 18.6. The summed E-state index contributed by atoms with van der Waals surface area (Å²) in [6, 6.07) is 4.07. The van der Waals surface area contributed by atoms with Crippen LogP contribution in [0.2, 0.25) is 0 Å². The molecule has 0 saturated heterocycles. The topological polar surface area (TPSA) is 50.1 Å². The molecule has 1 aromatic carbocycles. The summed E-state index contributed by atoms with van der Waals surface area (Å²) in [4.78, 5) is 12.0. The second kappa shape index (κ2) is 3.31. The SMILES string of the molecule is CC1(C)COc2cc(F)c(C#N)cc2C1=O. The molecule has 0 unspecified atom stereocenters. The highest BCUT2D eigenvalue weighted by atomic mass is 19.1. The van der Waals surface area contributed by atoms with Crippen molar-refractivity contribution in [1.29, 1.82) is 5.26 Å². The fourth-order valence-electron chi connectivity index (χ4n) is 1.63. The highest BCUT2D eigenvalue weighted by molar-refractivity contribution is 6.03. The van der Waals surface area contributed by atoms with E-state index in [9.17, 15) is 9.18 Å². The van der Waals surface area contributed by atoms with Crippen molar-refractivity contribution in [2.45, 2.75) is 13.8 Å². The maximum atomic E-state index is 13.3. The maximum Gasteiger partial charge on any atom is 0.175 e. The quantitative estimate of drug-likeness (QED) is 0.672. The van der Waals surface area contributed by atoms with Crippen molar-refractivity contribution in [3.63, 3.8) is 0 Å². The summed E-state index contributed by atoms with van der Waals surface area (Å²) in [5.74, 6) is -0.556. The van der Waals surface area contributed by atoms with Crippen molar-refractivity contribution in [2.24, 2.45) is 5.41 Å². The molecule has 0 N–H and O–H groups in total. The minimum Gasteiger partial charge on any atom is -0.492 e. The molecule has 1 aliphatic rings. The van der Waals surface area contributed by atoms with E-state index in [1.165, 1.54) is 6.07 Å². The van der Waals surface area contributed by atoms with Crippen molar-refractivity contribution in [3.8, 4) is 11.8 Å². The highest BCUT2D eigenvalue weighted by Gasteiger charge is 2.36. The van der Waals surface area contributed by atoms with Crippen LogP contribution in [-0.2, 0) is 0 Å². The summed E-state index contributed by atoms with van der Waals surface area (Å²) in [5.41, 5.74) is -0.472. The van der Waals surface area contributed by atoms with Gasteiger partial charge in [-0.2, -0.15) is 5.26 Å². The first-order valence-corrected chi connectivity index (χ1v) is 4.87. The van der Waals surface area contributed by atoms with Crippen LogP contribution < -0.4 is 4.74 Å². The predicted molar refractivity (Wildman–Crippen MR) is 54.7 cm³/mol. The number of ketones is 1. The molecule has 1 aliphatic heterocycles. The Morgan fingerprint density at radius 3 is 2.81 bits per heavy atom. The molecule has 3 nitrogen and oxygen atoms in total. The fraction of sp³-hybridized carbons (Fsp3) is 0.333. The molecule has 16 heavy (non-hydrogen) atoms. The zero-order valence-corrected chi connectivity index (χ0v) is 9.00. The van der Waals surface area contributed by atoms with Crippen molar-refractivity contribution in [3.05, 3.63) is 29.1 Å². The van der Waals surface area contributed by atoms with Crippen molar-refractivity contribution < 1.29 is 13.9 Å². The third-order valence-electron chi connectivity index (χ3n) is 2.64. The average Bonchev–Trinajstić information content (AvgIpc) is 2.24. The van der Waals surface area contributed by atoms with E-state index in [0.29, 0.717) is 0 Å². The molecule has 1 aromatic rings. The van der Waals surface area contributed by atoms with Gasteiger partial charge in [0.1, 0.15) is 24.2 Å². The molecule has 0 radical (unpaired) electrons. The van der Waals surface area contributed by atoms with E-state index in [0.717, 1.165) is 6.07 Å². The summed E-state index contributed by atoms with van der Waals surface area (Å²) in [6.45, 7) is 3.74. The van der Waals surface area contributed by atoms with Crippen LogP contribution in [0.5, 0.6) is 5.75 Å². The normalized spacial score (nSPS) is 17.2. The van der Waals surface area contributed by atoms with Crippen molar-refractivity contribution >= 4 is 5.78 Å². The highest BCUT2D eigenvalue weighted by Crippen LogP contribution is 2.35. The summed E-state index contributed by atoms with van der Waals surface area (Å²) in [6.07, 6.45) is 0. The average molecular weight is 219 g/mol. The first kappa shape index (κ1) is 10.6. The Bertz CT molecular complexity index is 514. The standard InChI is InChI=1S/C12H10FNO2/c1-12(2)6-16-10-4-9(13)7(5-14)3-8(10)11(12)15/h3-4H,6H2,1-2H3. The molecular formula is C12H10FNO2. The number of carbonyl (C=O) groups excluding carboxylic acids is 1. The van der Waals surface area contributed by atoms with Gasteiger partial charge in [-0.15, -0.1) is 0 Å². The molecule has 0 aliphatic carbocycles. The number of halogens is 1. The molecule has 0 bridgehead atoms. The number of benzene rings is 1. The Morgan fingerprint density at radius 2 is 2.19 bits per heavy atom. The smallest absolute Gasteiger partial charge is 0.175 e. The molecule has 0 atom stereocenters. The van der Waals surface area contributed by atoms with Gasteiger partial charge in [0.15, 0.2) is 5.78 Å². The molecule has 4 heteroatoms. The molecule has 0 spiro atoms. The molecular weight excluding hydrogens is 209 g/mol. The van der Waals surface area contributed by atoms with Gasteiger partial charge in [0.05, 0.1) is 16.5 Å². The minimum atomic E-state index is -0.659. The van der Waals surface area contributed by atoms with E-state index < -0.39 is 11.2 Å². The van der Waals surface area contributed by atoms with Crippen LogP contribution in [0.1, 0.15) is 29.8 Å². The van der Waals surface area contributed by atoms with Gasteiger partial charge in [-0.3, -0.25) is 4.79 Å². The number of hydrogen-bond donors (Lipinski definition) is 0. The monoisotopic (exact) mass is 219 g/mol. The minimum absolute atomic E-state index is 0.120. The summed E-state index contributed by atoms with van der Waals surface area (Å²) >= 11 is 0. The van der Waals surface area contributed by atoms with Crippen LogP contribution in [0.3, 0.4) is 0 Å². The van der Waals surface area contributed by atoms with E-state index in [2.05, 4.69) is 0 Å². The molecule has 2 rings (SSSR count). The number of Topliss-reactive ketones (excluding diaryl/α,β-unsaturated/α-hetero) is 1. The number of nitrogens with zero attached hydrogens (tertiary/aromatic N) is 1. The van der Waals surface area contributed by atoms with E-state index >= 15 is 0 Å². The van der Waals surface area contributed by atoms with E-state index in [-0.39, 0.29) is 29.3 Å². The second-order valence-corrected chi connectivity index (χ2v) is 4.44. The lowest BCUT2D eigenvalue weighted by molar-refractivity contribution is 0.0691.